The minimum absolute atomic E-state index is 0. The normalized spacial score (nSPS) is 8.45. The zero-order chi connectivity index (χ0) is 7.56. The number of nitrogens with one attached hydrogen (secondary N) is 1. The Morgan fingerprint density at radius 3 is 2.73 bits per heavy atom. The Morgan fingerprint density at radius 1 is 1.64 bits per heavy atom. The fourth-order valence-corrected chi connectivity index (χ4v) is 0.629. The van der Waals surface area contributed by atoms with E-state index >= 15 is 0 Å². The van der Waals surface area contributed by atoms with Crippen LogP contribution in [0, 0.1) is 6.92 Å². The molecule has 0 aliphatic rings. The van der Waals surface area contributed by atoms with Gasteiger partial charge < -0.3 is 10.7 Å². The van der Waals surface area contributed by atoms with Crippen LogP contribution < -0.4 is 0 Å². The Bertz CT molecular complexity index is 260. The standard InChI is InChI=1S/C7H8N3.W/c1-3-6-4-9-5(2)10-7(6)8;/h3-4H,1H2,2H3,(H-,8,9,10);/q-1;. The largest absolute Gasteiger partial charge is 0.481 e. The summed E-state index contributed by atoms with van der Waals surface area (Å²) in [5.41, 5.74) is 7.96. The number of hydrogen-bond acceptors (Lipinski definition) is 2. The molecule has 1 rings (SSSR count). The molecule has 0 amide bonds. The van der Waals surface area contributed by atoms with Gasteiger partial charge in [0.15, 0.2) is 0 Å². The first-order valence-corrected chi connectivity index (χ1v) is 2.91. The van der Waals surface area contributed by atoms with Gasteiger partial charge in [-0.3, -0.25) is 4.98 Å². The fourth-order valence-electron chi connectivity index (χ4n) is 0.629. The van der Waals surface area contributed by atoms with Gasteiger partial charge in [0.2, 0.25) is 0 Å². The molecule has 1 heterocycles. The summed E-state index contributed by atoms with van der Waals surface area (Å²) in [7, 11) is 0. The van der Waals surface area contributed by atoms with Gasteiger partial charge in [0.05, 0.1) is 0 Å². The molecule has 0 unspecified atom stereocenters. The maximum Gasteiger partial charge on any atom is 0.0337 e. The summed E-state index contributed by atoms with van der Waals surface area (Å²) < 4.78 is 0. The quantitative estimate of drug-likeness (QED) is 0.796. The van der Waals surface area contributed by atoms with E-state index < -0.39 is 0 Å². The third-order valence-corrected chi connectivity index (χ3v) is 1.16. The van der Waals surface area contributed by atoms with E-state index in [4.69, 9.17) is 5.73 Å². The molecule has 0 spiro atoms. The minimum atomic E-state index is 0. The predicted molar refractivity (Wildman–Crippen MR) is 40.8 cm³/mol. The van der Waals surface area contributed by atoms with Crippen LogP contribution >= 0.6 is 0 Å². The summed E-state index contributed by atoms with van der Waals surface area (Å²) in [6.45, 7) is 5.28. The molecule has 0 saturated heterocycles. The minimum Gasteiger partial charge on any atom is -0.481 e. The summed E-state index contributed by atoms with van der Waals surface area (Å²) in [4.78, 5) is 7.74. The SMILES string of the molecule is C=Cc1cnc(C)nc1[NH-].[W]. The maximum atomic E-state index is 7.29. The number of aromatic nitrogens is 2. The second-order valence-corrected chi connectivity index (χ2v) is 1.93. The smallest absolute Gasteiger partial charge is 0.0337 e. The fraction of sp³-hybridized carbons (Fsp3) is 0.143. The summed E-state index contributed by atoms with van der Waals surface area (Å²) >= 11 is 0. The molecule has 4 heteroatoms. The van der Waals surface area contributed by atoms with Crippen LogP contribution in [0.1, 0.15) is 11.4 Å². The van der Waals surface area contributed by atoms with Gasteiger partial charge in [0, 0.05) is 33.1 Å². The predicted octanol–water partition coefficient (Wildman–Crippen LogP) is 2.11. The van der Waals surface area contributed by atoms with Gasteiger partial charge >= 0.3 is 0 Å². The van der Waals surface area contributed by atoms with E-state index in [1.54, 1.807) is 19.2 Å². The Kier molecular flexibility index (Phi) is 3.97. The average Bonchev–Trinajstić information content (AvgIpc) is 1.88. The van der Waals surface area contributed by atoms with E-state index in [0.717, 1.165) is 0 Å². The van der Waals surface area contributed by atoms with Crippen molar-refractivity contribution in [2.75, 3.05) is 0 Å². The molecule has 1 N–H and O–H groups in total. The van der Waals surface area contributed by atoms with Gasteiger partial charge in [0.25, 0.3) is 0 Å². The third-order valence-electron chi connectivity index (χ3n) is 1.16. The van der Waals surface area contributed by atoms with Crippen LogP contribution in [0.4, 0.5) is 5.82 Å². The molecule has 0 aliphatic heterocycles. The van der Waals surface area contributed by atoms with Gasteiger partial charge in [-0.1, -0.05) is 18.5 Å². The molecule has 0 atom stereocenters. The van der Waals surface area contributed by atoms with Crippen molar-refractivity contribution in [3.63, 3.8) is 0 Å². The molecule has 11 heavy (non-hydrogen) atoms. The Balaban J connectivity index is 0.000001000. The van der Waals surface area contributed by atoms with E-state index in [2.05, 4.69) is 16.5 Å². The summed E-state index contributed by atoms with van der Waals surface area (Å²) in [6, 6.07) is 0. The molecule has 0 fully saturated rings. The van der Waals surface area contributed by atoms with Crippen molar-refractivity contribution in [3.8, 4) is 0 Å². The van der Waals surface area contributed by atoms with Crippen LogP contribution in [0.15, 0.2) is 12.8 Å². The van der Waals surface area contributed by atoms with Crippen molar-refractivity contribution >= 4 is 11.9 Å². The van der Waals surface area contributed by atoms with E-state index in [-0.39, 0.29) is 26.9 Å². The first-order valence-electron chi connectivity index (χ1n) is 2.91. The zero-order valence-electron chi connectivity index (χ0n) is 6.16. The zero-order valence-corrected chi connectivity index (χ0v) is 9.10. The first-order chi connectivity index (χ1) is 4.74. The molecule has 1 aromatic rings. The van der Waals surface area contributed by atoms with Crippen LogP contribution in [0.2, 0.25) is 0 Å². The molecular formula is C7H8N3W-. The Hall–Kier alpha value is -0.692. The third kappa shape index (κ3) is 2.43. The molecule has 0 aliphatic carbocycles. The monoisotopic (exact) mass is 318 g/mol. The van der Waals surface area contributed by atoms with E-state index in [1.807, 2.05) is 0 Å². The summed E-state index contributed by atoms with van der Waals surface area (Å²) in [5, 5.41) is 0. The average molecular weight is 318 g/mol. The first kappa shape index (κ1) is 10.3. The van der Waals surface area contributed by atoms with Gasteiger partial charge in [-0.15, -0.1) is 0 Å². The van der Waals surface area contributed by atoms with Crippen molar-refractivity contribution < 1.29 is 21.1 Å². The van der Waals surface area contributed by atoms with Crippen LogP contribution in [0.5, 0.6) is 0 Å². The van der Waals surface area contributed by atoms with Crippen LogP contribution in [-0.4, -0.2) is 9.97 Å². The van der Waals surface area contributed by atoms with Gasteiger partial charge in [-0.05, 0) is 12.5 Å². The molecule has 0 radical (unpaired) electrons. The Labute approximate surface area is 80.0 Å². The van der Waals surface area contributed by atoms with Crippen molar-refractivity contribution in [2.45, 2.75) is 6.92 Å². The van der Waals surface area contributed by atoms with E-state index in [0.29, 0.717) is 11.4 Å². The maximum absolute atomic E-state index is 7.29. The molecule has 3 nitrogen and oxygen atoms in total. The van der Waals surface area contributed by atoms with E-state index in [1.165, 1.54) is 0 Å². The number of nitrogens with zero attached hydrogens (tertiary/aromatic N) is 2. The topological polar surface area (TPSA) is 49.6 Å². The summed E-state index contributed by atoms with van der Waals surface area (Å²) in [6.07, 6.45) is 3.17. The van der Waals surface area contributed by atoms with Crippen molar-refractivity contribution in [1.82, 2.24) is 9.97 Å². The van der Waals surface area contributed by atoms with Crippen LogP contribution in [0.3, 0.4) is 0 Å². The molecule has 1 aromatic heterocycles. The molecule has 0 aromatic carbocycles. The molecule has 58 valence electrons. The van der Waals surface area contributed by atoms with Crippen LogP contribution in [0.25, 0.3) is 11.8 Å². The van der Waals surface area contributed by atoms with Crippen molar-refractivity contribution in [3.05, 3.63) is 29.9 Å². The summed E-state index contributed by atoms with van der Waals surface area (Å²) in [5.74, 6) is 0.859. The molecule has 0 bridgehead atoms. The van der Waals surface area contributed by atoms with Gasteiger partial charge in [0.1, 0.15) is 0 Å². The number of hydrogen-bond donors (Lipinski definition) is 0. The van der Waals surface area contributed by atoms with Crippen molar-refractivity contribution in [2.24, 2.45) is 0 Å². The van der Waals surface area contributed by atoms with Crippen LogP contribution in [-0.2, 0) is 21.1 Å². The van der Waals surface area contributed by atoms with Gasteiger partial charge in [-0.2, -0.15) is 0 Å². The van der Waals surface area contributed by atoms with Gasteiger partial charge in [-0.25, -0.2) is 0 Å². The Morgan fingerprint density at radius 2 is 2.27 bits per heavy atom. The van der Waals surface area contributed by atoms with Crippen molar-refractivity contribution in [1.29, 1.82) is 0 Å². The molecule has 0 saturated carbocycles. The molecular weight excluding hydrogens is 310 g/mol. The number of rotatable bonds is 1. The second-order valence-electron chi connectivity index (χ2n) is 1.93. The number of aryl methyl sites for hydroxylation is 1. The second kappa shape index (κ2) is 4.24. The van der Waals surface area contributed by atoms with E-state index in [9.17, 15) is 0 Å².